The molecule has 2 aromatic carbocycles. The fourth-order valence-corrected chi connectivity index (χ4v) is 7.21. The van der Waals surface area contributed by atoms with E-state index in [2.05, 4.69) is 29.4 Å². The van der Waals surface area contributed by atoms with Gasteiger partial charge in [-0.05, 0) is 61.5 Å². The number of nitriles is 1. The van der Waals surface area contributed by atoms with Crippen molar-refractivity contribution in [3.05, 3.63) is 77.2 Å². The van der Waals surface area contributed by atoms with E-state index < -0.39 is 11.9 Å². The summed E-state index contributed by atoms with van der Waals surface area (Å²) in [6.45, 7) is 13.6. The maximum absolute atomic E-state index is 16.1. The lowest BCUT2D eigenvalue weighted by Gasteiger charge is -2.40. The third kappa shape index (κ3) is 5.29. The summed E-state index contributed by atoms with van der Waals surface area (Å²) in [4.78, 5) is 26.8. The molecule has 0 saturated carbocycles. The lowest BCUT2D eigenvalue weighted by molar-refractivity contribution is -0.128. The average molecular weight is 595 g/mol. The highest BCUT2D eigenvalue weighted by Crippen LogP contribution is 2.41. The van der Waals surface area contributed by atoms with Gasteiger partial charge in [0.2, 0.25) is 18.3 Å². The molecule has 2 aromatic heterocycles. The van der Waals surface area contributed by atoms with Crippen LogP contribution in [0.2, 0.25) is 0 Å². The highest BCUT2D eigenvalue weighted by atomic mass is 32.1. The van der Waals surface area contributed by atoms with Crippen molar-refractivity contribution in [2.75, 3.05) is 51.3 Å². The van der Waals surface area contributed by atoms with Crippen LogP contribution in [0.25, 0.3) is 37.0 Å². The van der Waals surface area contributed by atoms with Crippen LogP contribution in [-0.2, 0) is 4.79 Å². The molecule has 43 heavy (non-hydrogen) atoms. The molecular formula is C33H31FN6O2S. The number of carbonyl (C=O) groups is 1. The van der Waals surface area contributed by atoms with Gasteiger partial charge in [-0.15, -0.1) is 11.3 Å². The lowest BCUT2D eigenvalue weighted by Crippen LogP contribution is -2.56. The van der Waals surface area contributed by atoms with Gasteiger partial charge in [-0.1, -0.05) is 24.8 Å². The number of pyridine rings is 1. The first-order valence-corrected chi connectivity index (χ1v) is 15.2. The van der Waals surface area contributed by atoms with Crippen molar-refractivity contribution in [3.63, 3.8) is 0 Å². The number of hydrogen-bond donors (Lipinski definition) is 0. The van der Waals surface area contributed by atoms with Crippen LogP contribution in [0.3, 0.4) is 0 Å². The maximum Gasteiger partial charge on any atom is 0.246 e. The summed E-state index contributed by atoms with van der Waals surface area (Å²) < 4.78 is 23.3. The summed E-state index contributed by atoms with van der Waals surface area (Å²) in [6.07, 6.45) is 3.34. The molecule has 2 aliphatic heterocycles. The number of ether oxygens (including phenoxy) is 1. The number of halogens is 1. The first-order chi connectivity index (χ1) is 20.9. The Labute approximate surface area is 254 Å². The number of thiophene rings is 1. The number of nitrogens with zero attached hydrogens (tertiary/aromatic N) is 6. The van der Waals surface area contributed by atoms with Gasteiger partial charge in [0.1, 0.15) is 30.1 Å². The Balaban J connectivity index is 1.50. The standard InChI is InChI=1S/C33H31FN6O2S/c1-4-30(41)40-13-12-39(19-23(40)18-36-2)31-26-15-28(34)25(24-9-5-7-21-10-14-43-32(21)24)16-29(26)37-33(27(31)17-35)42-20-22-8-6-11-38(22)3/h4-5,7,9-10,14-16,22-23H,1,6,8,11-13,18-20H2,3H3/t22-,23-/m0/s1. The molecule has 10 heteroatoms. The second-order valence-electron chi connectivity index (χ2n) is 11.0. The average Bonchev–Trinajstić information content (AvgIpc) is 3.67. The van der Waals surface area contributed by atoms with Crippen LogP contribution in [0.15, 0.2) is 54.4 Å². The zero-order valence-corrected chi connectivity index (χ0v) is 24.7. The minimum atomic E-state index is -0.417. The van der Waals surface area contributed by atoms with Crippen molar-refractivity contribution in [3.8, 4) is 23.1 Å². The zero-order chi connectivity index (χ0) is 30.1. The molecule has 2 fully saturated rings. The Kier molecular flexibility index (Phi) is 7.98. The highest BCUT2D eigenvalue weighted by molar-refractivity contribution is 7.17. The number of hydrogen-bond acceptors (Lipinski definition) is 7. The monoisotopic (exact) mass is 594 g/mol. The van der Waals surface area contributed by atoms with Gasteiger partial charge in [0.25, 0.3) is 0 Å². The third-order valence-electron chi connectivity index (χ3n) is 8.54. The molecular weight excluding hydrogens is 563 g/mol. The van der Waals surface area contributed by atoms with Crippen molar-refractivity contribution in [1.29, 1.82) is 5.26 Å². The molecule has 6 rings (SSSR count). The number of likely N-dealkylation sites (N-methyl/N-ethyl adjacent to an activating group) is 1. The fourth-order valence-electron chi connectivity index (χ4n) is 6.28. The number of aromatic nitrogens is 1. The van der Waals surface area contributed by atoms with Crippen molar-refractivity contribution in [1.82, 2.24) is 14.8 Å². The van der Waals surface area contributed by atoms with Crippen LogP contribution >= 0.6 is 11.3 Å². The van der Waals surface area contributed by atoms with Crippen molar-refractivity contribution >= 4 is 43.9 Å². The van der Waals surface area contributed by atoms with Crippen LogP contribution in [-0.4, -0.2) is 79.2 Å². The van der Waals surface area contributed by atoms with Gasteiger partial charge in [0.05, 0.1) is 11.2 Å². The summed E-state index contributed by atoms with van der Waals surface area (Å²) in [7, 11) is 2.06. The molecule has 4 aromatic rings. The summed E-state index contributed by atoms with van der Waals surface area (Å²) in [5.41, 5.74) is 2.47. The summed E-state index contributed by atoms with van der Waals surface area (Å²) in [6, 6.07) is 13.1. The van der Waals surface area contributed by atoms with Gasteiger partial charge >= 0.3 is 0 Å². The number of carbonyl (C=O) groups excluding carboxylic acids is 1. The first-order valence-electron chi connectivity index (χ1n) is 14.3. The molecule has 218 valence electrons. The lowest BCUT2D eigenvalue weighted by atomic mass is 9.99. The molecule has 0 unspecified atom stereocenters. The number of likely N-dealkylation sites (tertiary alicyclic amines) is 1. The molecule has 2 atom stereocenters. The molecule has 4 heterocycles. The van der Waals surface area contributed by atoms with Gasteiger partial charge in [-0.3, -0.25) is 4.79 Å². The Bertz CT molecular complexity index is 1810. The fraction of sp³-hybridized carbons (Fsp3) is 0.333. The Morgan fingerprint density at radius 3 is 2.88 bits per heavy atom. The highest BCUT2D eigenvalue weighted by Gasteiger charge is 2.34. The van der Waals surface area contributed by atoms with Crippen LogP contribution < -0.4 is 9.64 Å². The minimum absolute atomic E-state index is 0.0989. The van der Waals surface area contributed by atoms with Crippen molar-refractivity contribution in [2.45, 2.75) is 24.9 Å². The topological polar surface area (TPSA) is 77.1 Å². The van der Waals surface area contributed by atoms with Crippen LogP contribution in [0, 0.1) is 23.7 Å². The number of piperazine rings is 1. The second kappa shape index (κ2) is 12.0. The molecule has 0 N–H and O–H groups in total. The van der Waals surface area contributed by atoms with Crippen molar-refractivity contribution < 1.29 is 13.9 Å². The number of anilines is 1. The normalized spacial score (nSPS) is 19.0. The van der Waals surface area contributed by atoms with E-state index in [4.69, 9.17) is 16.3 Å². The van der Waals surface area contributed by atoms with Gasteiger partial charge in [0.15, 0.2) is 0 Å². The molecule has 2 saturated heterocycles. The van der Waals surface area contributed by atoms with E-state index >= 15 is 4.39 Å². The SMILES string of the molecule is [C-]#[N+]C[C@H]1CN(c2c(C#N)c(OC[C@@H]3CCCN3C)nc3cc(-c4cccc5ccsc45)c(F)cc23)CCN1C(=O)C=C. The predicted molar refractivity (Wildman–Crippen MR) is 168 cm³/mol. The largest absolute Gasteiger partial charge is 0.475 e. The van der Waals surface area contributed by atoms with Gasteiger partial charge < -0.3 is 24.3 Å². The number of amides is 1. The van der Waals surface area contributed by atoms with E-state index in [9.17, 15) is 10.1 Å². The van der Waals surface area contributed by atoms with Gasteiger partial charge in [0, 0.05) is 46.9 Å². The van der Waals surface area contributed by atoms with E-state index in [1.165, 1.54) is 12.1 Å². The number of rotatable bonds is 7. The Morgan fingerprint density at radius 2 is 2.14 bits per heavy atom. The second-order valence-corrected chi connectivity index (χ2v) is 11.9. The minimum Gasteiger partial charge on any atom is -0.475 e. The number of benzene rings is 2. The molecule has 0 bridgehead atoms. The Hall–Kier alpha value is -4.51. The molecule has 1 amide bonds. The van der Waals surface area contributed by atoms with E-state index in [-0.39, 0.29) is 29.9 Å². The van der Waals surface area contributed by atoms with E-state index in [0.717, 1.165) is 35.0 Å². The van der Waals surface area contributed by atoms with Crippen molar-refractivity contribution in [2.24, 2.45) is 0 Å². The Morgan fingerprint density at radius 1 is 1.28 bits per heavy atom. The first kappa shape index (κ1) is 28.6. The van der Waals surface area contributed by atoms with Crippen LogP contribution in [0.1, 0.15) is 18.4 Å². The van der Waals surface area contributed by atoms with E-state index in [0.29, 0.717) is 48.4 Å². The van der Waals surface area contributed by atoms with Gasteiger partial charge in [-0.25, -0.2) is 15.9 Å². The van der Waals surface area contributed by atoms with E-state index in [1.54, 1.807) is 22.3 Å². The summed E-state index contributed by atoms with van der Waals surface area (Å²) in [5, 5.41) is 14.0. The molecule has 8 nitrogen and oxygen atoms in total. The van der Waals surface area contributed by atoms with Crippen LogP contribution in [0.5, 0.6) is 5.88 Å². The smallest absolute Gasteiger partial charge is 0.246 e. The van der Waals surface area contributed by atoms with Crippen LogP contribution in [0.4, 0.5) is 10.1 Å². The zero-order valence-electron chi connectivity index (χ0n) is 23.9. The molecule has 2 aliphatic rings. The summed E-state index contributed by atoms with van der Waals surface area (Å²) in [5.74, 6) is -0.445. The molecule has 0 radical (unpaired) electrons. The predicted octanol–water partition coefficient (Wildman–Crippen LogP) is 5.72. The van der Waals surface area contributed by atoms with E-state index in [1.807, 2.05) is 34.5 Å². The number of fused-ring (bicyclic) bond motifs is 2. The third-order valence-corrected chi connectivity index (χ3v) is 9.50. The molecule has 0 spiro atoms. The quantitative estimate of drug-likeness (QED) is 0.201. The maximum atomic E-state index is 16.1. The summed E-state index contributed by atoms with van der Waals surface area (Å²) >= 11 is 1.56. The molecule has 0 aliphatic carbocycles. The van der Waals surface area contributed by atoms with Gasteiger partial charge in [-0.2, -0.15) is 5.26 Å².